The average molecular weight is 184 g/mol. The lowest BCUT2D eigenvalue weighted by molar-refractivity contribution is -0.145. The second-order valence-corrected chi connectivity index (χ2v) is 3.75. The fourth-order valence-corrected chi connectivity index (χ4v) is 1.69. The number of likely N-dealkylation sites (tertiary alicyclic amines) is 1. The van der Waals surface area contributed by atoms with Gasteiger partial charge in [-0.15, -0.1) is 0 Å². The van der Waals surface area contributed by atoms with Crippen molar-refractivity contribution in [3.05, 3.63) is 0 Å². The van der Waals surface area contributed by atoms with Crippen LogP contribution in [0.1, 0.15) is 6.42 Å². The van der Waals surface area contributed by atoms with Crippen LogP contribution in [-0.2, 0) is 9.53 Å². The SMILES string of the molecule is CN1CCOCC1C(=O)N1CCC1. The van der Waals surface area contributed by atoms with Gasteiger partial charge < -0.3 is 9.64 Å². The third kappa shape index (κ3) is 1.69. The van der Waals surface area contributed by atoms with Gasteiger partial charge in [-0.1, -0.05) is 0 Å². The highest BCUT2D eigenvalue weighted by Crippen LogP contribution is 2.13. The number of hydrogen-bond acceptors (Lipinski definition) is 3. The van der Waals surface area contributed by atoms with E-state index in [2.05, 4.69) is 4.90 Å². The molecule has 2 rings (SSSR count). The van der Waals surface area contributed by atoms with E-state index in [4.69, 9.17) is 4.74 Å². The molecular weight excluding hydrogens is 168 g/mol. The Balaban J connectivity index is 1.93. The number of nitrogens with zero attached hydrogens (tertiary/aromatic N) is 2. The summed E-state index contributed by atoms with van der Waals surface area (Å²) in [5, 5.41) is 0. The molecule has 0 saturated carbocycles. The van der Waals surface area contributed by atoms with Crippen molar-refractivity contribution in [1.82, 2.24) is 9.80 Å². The van der Waals surface area contributed by atoms with Crippen molar-refractivity contribution in [2.24, 2.45) is 0 Å². The highest BCUT2D eigenvalue weighted by Gasteiger charge is 2.32. The highest BCUT2D eigenvalue weighted by molar-refractivity contribution is 5.82. The van der Waals surface area contributed by atoms with Crippen LogP contribution in [-0.4, -0.2) is 61.6 Å². The molecule has 2 aliphatic heterocycles. The Hall–Kier alpha value is -0.610. The van der Waals surface area contributed by atoms with Gasteiger partial charge in [-0.25, -0.2) is 0 Å². The minimum Gasteiger partial charge on any atom is -0.378 e. The van der Waals surface area contributed by atoms with Crippen LogP contribution in [0, 0.1) is 0 Å². The predicted molar refractivity (Wildman–Crippen MR) is 48.4 cm³/mol. The Labute approximate surface area is 78.4 Å². The van der Waals surface area contributed by atoms with E-state index < -0.39 is 0 Å². The Morgan fingerprint density at radius 2 is 2.15 bits per heavy atom. The van der Waals surface area contributed by atoms with Crippen LogP contribution < -0.4 is 0 Å². The molecule has 0 aromatic heterocycles. The largest absolute Gasteiger partial charge is 0.378 e. The van der Waals surface area contributed by atoms with Gasteiger partial charge in [0.05, 0.1) is 13.2 Å². The second-order valence-electron chi connectivity index (χ2n) is 3.75. The quantitative estimate of drug-likeness (QED) is 0.553. The number of amides is 1. The third-order valence-corrected chi connectivity index (χ3v) is 2.85. The second kappa shape index (κ2) is 3.64. The molecule has 0 bridgehead atoms. The van der Waals surface area contributed by atoms with Crippen LogP contribution >= 0.6 is 0 Å². The van der Waals surface area contributed by atoms with Crippen molar-refractivity contribution >= 4 is 5.91 Å². The van der Waals surface area contributed by atoms with Crippen molar-refractivity contribution in [2.75, 3.05) is 39.9 Å². The first-order valence-electron chi connectivity index (χ1n) is 4.86. The Morgan fingerprint density at radius 1 is 1.38 bits per heavy atom. The van der Waals surface area contributed by atoms with Gasteiger partial charge in [-0.3, -0.25) is 9.69 Å². The lowest BCUT2D eigenvalue weighted by atomic mass is 10.1. The summed E-state index contributed by atoms with van der Waals surface area (Å²) in [5.74, 6) is 0.244. The van der Waals surface area contributed by atoms with Gasteiger partial charge >= 0.3 is 0 Å². The molecule has 2 fully saturated rings. The Bertz CT molecular complexity index is 204. The van der Waals surface area contributed by atoms with Crippen LogP contribution in [0.5, 0.6) is 0 Å². The number of morpholine rings is 1. The first-order valence-corrected chi connectivity index (χ1v) is 4.86. The zero-order chi connectivity index (χ0) is 9.26. The minimum atomic E-state index is -0.0333. The predicted octanol–water partition coefficient (Wildman–Crippen LogP) is -0.451. The van der Waals surface area contributed by atoms with E-state index >= 15 is 0 Å². The first kappa shape index (κ1) is 8.97. The van der Waals surface area contributed by atoms with Crippen molar-refractivity contribution in [3.63, 3.8) is 0 Å². The van der Waals surface area contributed by atoms with E-state index in [0.29, 0.717) is 6.61 Å². The van der Waals surface area contributed by atoms with Crippen molar-refractivity contribution < 1.29 is 9.53 Å². The van der Waals surface area contributed by atoms with Crippen LogP contribution in [0.2, 0.25) is 0 Å². The van der Waals surface area contributed by atoms with Gasteiger partial charge in [0.1, 0.15) is 6.04 Å². The molecule has 1 amide bonds. The lowest BCUT2D eigenvalue weighted by Crippen LogP contribution is -2.56. The van der Waals surface area contributed by atoms with Crippen LogP contribution in [0.15, 0.2) is 0 Å². The maximum Gasteiger partial charge on any atom is 0.242 e. The van der Waals surface area contributed by atoms with E-state index in [0.717, 1.165) is 32.7 Å². The maximum absolute atomic E-state index is 11.8. The molecule has 1 atom stereocenters. The maximum atomic E-state index is 11.8. The molecule has 13 heavy (non-hydrogen) atoms. The summed E-state index contributed by atoms with van der Waals surface area (Å²) in [5.41, 5.74) is 0. The number of likely N-dealkylation sites (N-methyl/N-ethyl adjacent to an activating group) is 1. The van der Waals surface area contributed by atoms with Gasteiger partial charge in [-0.05, 0) is 13.5 Å². The number of carbonyl (C=O) groups is 1. The molecule has 4 heteroatoms. The van der Waals surface area contributed by atoms with Crippen LogP contribution in [0.25, 0.3) is 0 Å². The normalized spacial score (nSPS) is 29.9. The van der Waals surface area contributed by atoms with E-state index in [1.807, 2.05) is 11.9 Å². The van der Waals surface area contributed by atoms with Gasteiger partial charge in [-0.2, -0.15) is 0 Å². The first-order chi connectivity index (χ1) is 6.29. The molecule has 0 N–H and O–H groups in total. The summed E-state index contributed by atoms with van der Waals surface area (Å²) < 4.78 is 5.30. The molecule has 74 valence electrons. The Kier molecular flexibility index (Phi) is 2.51. The summed E-state index contributed by atoms with van der Waals surface area (Å²) in [6.07, 6.45) is 1.16. The molecule has 2 heterocycles. The molecule has 0 aromatic rings. The summed E-state index contributed by atoms with van der Waals surface area (Å²) in [6, 6.07) is -0.0333. The summed E-state index contributed by atoms with van der Waals surface area (Å²) >= 11 is 0. The summed E-state index contributed by atoms with van der Waals surface area (Å²) in [4.78, 5) is 15.8. The topological polar surface area (TPSA) is 32.8 Å². The number of carbonyl (C=O) groups excluding carboxylic acids is 1. The molecule has 0 spiro atoms. The van der Waals surface area contributed by atoms with Gasteiger partial charge in [0.2, 0.25) is 5.91 Å². The fourth-order valence-electron chi connectivity index (χ4n) is 1.69. The Morgan fingerprint density at radius 3 is 2.69 bits per heavy atom. The molecular formula is C9H16N2O2. The van der Waals surface area contributed by atoms with Gasteiger partial charge in [0.15, 0.2) is 0 Å². The number of hydrogen-bond donors (Lipinski definition) is 0. The zero-order valence-electron chi connectivity index (χ0n) is 8.03. The van der Waals surface area contributed by atoms with Crippen molar-refractivity contribution in [1.29, 1.82) is 0 Å². The molecule has 2 saturated heterocycles. The number of ether oxygens (including phenoxy) is 1. The summed E-state index contributed by atoms with van der Waals surface area (Å²) in [6.45, 7) is 4.04. The standard InChI is InChI=1S/C9H16N2O2/c1-10-5-6-13-7-8(10)9(12)11-3-2-4-11/h8H,2-7H2,1H3. The monoisotopic (exact) mass is 184 g/mol. The van der Waals surface area contributed by atoms with Gasteiger partial charge in [0, 0.05) is 19.6 Å². The molecule has 4 nitrogen and oxygen atoms in total. The van der Waals surface area contributed by atoms with Crippen LogP contribution in [0.4, 0.5) is 0 Å². The van der Waals surface area contributed by atoms with Crippen LogP contribution in [0.3, 0.4) is 0 Å². The lowest BCUT2D eigenvalue weighted by Gasteiger charge is -2.38. The van der Waals surface area contributed by atoms with Crippen molar-refractivity contribution in [2.45, 2.75) is 12.5 Å². The molecule has 0 radical (unpaired) electrons. The summed E-state index contributed by atoms with van der Waals surface area (Å²) in [7, 11) is 1.99. The third-order valence-electron chi connectivity index (χ3n) is 2.85. The van der Waals surface area contributed by atoms with E-state index in [9.17, 15) is 4.79 Å². The number of rotatable bonds is 1. The van der Waals surface area contributed by atoms with E-state index in [-0.39, 0.29) is 11.9 Å². The highest BCUT2D eigenvalue weighted by atomic mass is 16.5. The van der Waals surface area contributed by atoms with Crippen molar-refractivity contribution in [3.8, 4) is 0 Å². The fraction of sp³-hybridized carbons (Fsp3) is 0.889. The smallest absolute Gasteiger partial charge is 0.242 e. The minimum absolute atomic E-state index is 0.0333. The zero-order valence-corrected chi connectivity index (χ0v) is 8.03. The molecule has 0 aromatic carbocycles. The van der Waals surface area contributed by atoms with E-state index in [1.165, 1.54) is 0 Å². The molecule has 1 unspecified atom stereocenters. The van der Waals surface area contributed by atoms with E-state index in [1.54, 1.807) is 0 Å². The van der Waals surface area contributed by atoms with Gasteiger partial charge in [0.25, 0.3) is 0 Å². The molecule has 2 aliphatic rings. The molecule has 0 aliphatic carbocycles. The average Bonchev–Trinajstić information content (AvgIpc) is 2.01.